The summed E-state index contributed by atoms with van der Waals surface area (Å²) < 4.78 is 32.4. The first-order valence-electron chi connectivity index (χ1n) is 9.32. The second-order valence-corrected chi connectivity index (χ2v) is 6.95. The van der Waals surface area contributed by atoms with Crippen LogP contribution in [0.25, 0.3) is 6.08 Å². The maximum absolute atomic E-state index is 13.6. The van der Waals surface area contributed by atoms with Gasteiger partial charge in [0.1, 0.15) is 11.6 Å². The van der Waals surface area contributed by atoms with E-state index < -0.39 is 11.6 Å². The molecule has 1 N–H and O–H groups in total. The predicted molar refractivity (Wildman–Crippen MR) is 106 cm³/mol. The largest absolute Gasteiger partial charge is 0.375 e. The van der Waals surface area contributed by atoms with Crippen LogP contribution in [-0.2, 0) is 9.53 Å². The van der Waals surface area contributed by atoms with Gasteiger partial charge in [-0.15, -0.1) is 0 Å². The van der Waals surface area contributed by atoms with Crippen LogP contribution in [0.15, 0.2) is 48.5 Å². The van der Waals surface area contributed by atoms with Crippen LogP contribution in [-0.4, -0.2) is 31.7 Å². The molecule has 2 aromatic rings. The Balaban J connectivity index is 1.64. The summed E-state index contributed by atoms with van der Waals surface area (Å²) in [5.74, 6) is -1.50. The summed E-state index contributed by atoms with van der Waals surface area (Å²) in [5.41, 5.74) is 2.09. The lowest BCUT2D eigenvalue weighted by molar-refractivity contribution is -0.117. The molecule has 1 fully saturated rings. The second-order valence-electron chi connectivity index (χ2n) is 6.95. The van der Waals surface area contributed by atoms with Crippen LogP contribution in [0.3, 0.4) is 0 Å². The number of nitrogens with zero attached hydrogens (tertiary/aromatic N) is 1. The number of anilines is 1. The van der Waals surface area contributed by atoms with Gasteiger partial charge in [-0.1, -0.05) is 12.1 Å². The fourth-order valence-electron chi connectivity index (χ4n) is 3.20. The highest BCUT2D eigenvalue weighted by atomic mass is 19.1. The fraction of sp³-hybridized carbons (Fsp3) is 0.318. The highest BCUT2D eigenvalue weighted by Crippen LogP contribution is 2.22. The number of morpholine rings is 1. The van der Waals surface area contributed by atoms with E-state index in [0.29, 0.717) is 6.61 Å². The first-order valence-corrected chi connectivity index (χ1v) is 9.32. The number of ether oxygens (including phenoxy) is 1. The molecular formula is C22H24F2N2O2. The van der Waals surface area contributed by atoms with Crippen molar-refractivity contribution < 1.29 is 18.3 Å². The Morgan fingerprint density at radius 1 is 1.29 bits per heavy atom. The normalized spacial score (nSPS) is 18.3. The number of hydrogen-bond acceptors (Lipinski definition) is 3. The third-order valence-electron chi connectivity index (χ3n) is 4.71. The average molecular weight is 386 g/mol. The summed E-state index contributed by atoms with van der Waals surface area (Å²) in [5, 5.41) is 2.85. The number of benzene rings is 2. The maximum atomic E-state index is 13.6. The van der Waals surface area contributed by atoms with Crippen LogP contribution in [0.2, 0.25) is 0 Å². The van der Waals surface area contributed by atoms with Crippen molar-refractivity contribution >= 4 is 17.7 Å². The molecule has 1 heterocycles. The van der Waals surface area contributed by atoms with Gasteiger partial charge in [-0.05, 0) is 55.8 Å². The smallest absolute Gasteiger partial charge is 0.244 e. The summed E-state index contributed by atoms with van der Waals surface area (Å²) in [6, 6.07) is 10.9. The molecular weight excluding hydrogens is 362 g/mol. The molecule has 1 aliphatic rings. The van der Waals surface area contributed by atoms with Gasteiger partial charge in [0.2, 0.25) is 5.91 Å². The van der Waals surface area contributed by atoms with Crippen LogP contribution >= 0.6 is 0 Å². The number of hydrogen-bond donors (Lipinski definition) is 1. The molecule has 2 unspecified atom stereocenters. The van der Waals surface area contributed by atoms with Crippen LogP contribution in [0, 0.1) is 11.6 Å². The molecule has 1 amide bonds. The van der Waals surface area contributed by atoms with Crippen molar-refractivity contribution in [1.82, 2.24) is 5.32 Å². The highest BCUT2D eigenvalue weighted by Gasteiger charge is 2.18. The van der Waals surface area contributed by atoms with Gasteiger partial charge in [0.25, 0.3) is 0 Å². The Bertz CT molecular complexity index is 869. The zero-order valence-corrected chi connectivity index (χ0v) is 16.0. The molecule has 2 aromatic carbocycles. The molecule has 1 saturated heterocycles. The lowest BCUT2D eigenvalue weighted by Gasteiger charge is -2.33. The quantitative estimate of drug-likeness (QED) is 0.788. The molecule has 1 aliphatic heterocycles. The first-order chi connectivity index (χ1) is 13.4. The van der Waals surface area contributed by atoms with Crippen LogP contribution < -0.4 is 10.2 Å². The predicted octanol–water partition coefficient (Wildman–Crippen LogP) is 4.08. The molecule has 4 nitrogen and oxygen atoms in total. The van der Waals surface area contributed by atoms with E-state index in [-0.39, 0.29) is 23.6 Å². The molecule has 0 aromatic heterocycles. The topological polar surface area (TPSA) is 41.6 Å². The summed E-state index contributed by atoms with van der Waals surface area (Å²) >= 11 is 0. The Morgan fingerprint density at radius 3 is 2.89 bits per heavy atom. The van der Waals surface area contributed by atoms with Crippen molar-refractivity contribution in [3.05, 3.63) is 71.3 Å². The van der Waals surface area contributed by atoms with Crippen LogP contribution in [0.1, 0.15) is 31.0 Å². The lowest BCUT2D eigenvalue weighted by atomic mass is 10.1. The molecule has 0 bridgehead atoms. The molecule has 3 rings (SSSR count). The molecule has 0 saturated carbocycles. The third kappa shape index (κ3) is 5.16. The summed E-state index contributed by atoms with van der Waals surface area (Å²) in [4.78, 5) is 14.4. The van der Waals surface area contributed by atoms with E-state index in [0.717, 1.165) is 42.5 Å². The van der Waals surface area contributed by atoms with Crippen molar-refractivity contribution in [2.24, 2.45) is 0 Å². The third-order valence-corrected chi connectivity index (χ3v) is 4.71. The number of nitrogens with one attached hydrogen (secondary N) is 1. The zero-order valence-electron chi connectivity index (χ0n) is 16.0. The summed E-state index contributed by atoms with van der Waals surface area (Å²) in [7, 11) is 0. The molecule has 6 heteroatoms. The van der Waals surface area contributed by atoms with Gasteiger partial charge in [0.05, 0.1) is 18.8 Å². The van der Waals surface area contributed by atoms with Gasteiger partial charge in [-0.3, -0.25) is 4.79 Å². The van der Waals surface area contributed by atoms with Gasteiger partial charge >= 0.3 is 0 Å². The summed E-state index contributed by atoms with van der Waals surface area (Å²) in [6.07, 6.45) is 2.66. The van der Waals surface area contributed by atoms with Gasteiger partial charge < -0.3 is 15.0 Å². The van der Waals surface area contributed by atoms with E-state index >= 15 is 0 Å². The number of carbonyl (C=O) groups excluding carboxylic acids is 1. The van der Waals surface area contributed by atoms with E-state index in [4.69, 9.17) is 4.74 Å². The van der Waals surface area contributed by atoms with Crippen LogP contribution in [0.5, 0.6) is 0 Å². The van der Waals surface area contributed by atoms with Gasteiger partial charge in [0.15, 0.2) is 0 Å². The Morgan fingerprint density at radius 2 is 2.11 bits per heavy atom. The minimum absolute atomic E-state index is 0.0336. The van der Waals surface area contributed by atoms with Crippen molar-refractivity contribution in [1.29, 1.82) is 0 Å². The number of halogens is 2. The maximum Gasteiger partial charge on any atom is 0.244 e. The van der Waals surface area contributed by atoms with Crippen molar-refractivity contribution in [2.75, 3.05) is 24.6 Å². The van der Waals surface area contributed by atoms with Crippen molar-refractivity contribution in [2.45, 2.75) is 26.0 Å². The van der Waals surface area contributed by atoms with Crippen molar-refractivity contribution in [3.63, 3.8) is 0 Å². The van der Waals surface area contributed by atoms with E-state index in [1.807, 2.05) is 32.0 Å². The van der Waals surface area contributed by atoms with Gasteiger partial charge in [-0.2, -0.15) is 0 Å². The standard InChI is InChI=1S/C22H24F2N2O2/c1-15-14-26(10-11-28-15)20-5-3-4-17(13-20)16(2)25-22(27)9-6-18-12-19(23)7-8-21(18)24/h3-9,12-13,15-16H,10-11,14H2,1-2H3,(H,25,27)/b9-6+. The first kappa shape index (κ1) is 20.0. The van der Waals surface area contributed by atoms with E-state index in [9.17, 15) is 13.6 Å². The average Bonchev–Trinajstić information content (AvgIpc) is 2.69. The monoisotopic (exact) mass is 386 g/mol. The number of amides is 1. The number of carbonyl (C=O) groups is 1. The van der Waals surface area contributed by atoms with E-state index in [1.165, 1.54) is 12.2 Å². The number of rotatable bonds is 5. The summed E-state index contributed by atoms with van der Waals surface area (Å²) in [6.45, 7) is 6.28. The molecule has 0 aliphatic carbocycles. The van der Waals surface area contributed by atoms with Crippen molar-refractivity contribution in [3.8, 4) is 0 Å². The van der Waals surface area contributed by atoms with E-state index in [1.54, 1.807) is 0 Å². The Kier molecular flexibility index (Phi) is 6.41. The zero-order chi connectivity index (χ0) is 20.1. The SMILES string of the molecule is CC1CN(c2cccc(C(C)NC(=O)/C=C/c3cc(F)ccc3F)c2)CCO1. The molecule has 2 atom stereocenters. The molecule has 148 valence electrons. The minimum atomic E-state index is -0.578. The molecule has 28 heavy (non-hydrogen) atoms. The van der Waals surface area contributed by atoms with Gasteiger partial charge in [-0.25, -0.2) is 8.78 Å². The molecule has 0 radical (unpaired) electrons. The van der Waals surface area contributed by atoms with Gasteiger partial charge in [0, 0.05) is 30.4 Å². The Labute approximate surface area is 163 Å². The lowest BCUT2D eigenvalue weighted by Crippen LogP contribution is -2.41. The molecule has 0 spiro atoms. The van der Waals surface area contributed by atoms with E-state index in [2.05, 4.69) is 16.3 Å². The fourth-order valence-corrected chi connectivity index (χ4v) is 3.20. The second kappa shape index (κ2) is 8.97. The minimum Gasteiger partial charge on any atom is -0.375 e. The highest BCUT2D eigenvalue weighted by molar-refractivity contribution is 5.92. The van der Waals surface area contributed by atoms with Crippen LogP contribution in [0.4, 0.5) is 14.5 Å². The Hall–Kier alpha value is -2.73.